The Kier molecular flexibility index (Phi) is 9.52. The van der Waals surface area contributed by atoms with Gasteiger partial charge in [0.2, 0.25) is 0 Å². The van der Waals surface area contributed by atoms with Gasteiger partial charge in [0.15, 0.2) is 0 Å². The molecule has 0 saturated carbocycles. The molecule has 0 atom stereocenters. The normalized spacial score (nSPS) is 14.7. The zero-order valence-corrected chi connectivity index (χ0v) is 22.6. The van der Waals surface area contributed by atoms with Crippen molar-refractivity contribution in [1.29, 1.82) is 0 Å². The number of hydrogen-bond donors (Lipinski definition) is 0. The zero-order valence-electron chi connectivity index (χ0n) is 22.6. The largest absolute Gasteiger partial charge is 0.301 e. The van der Waals surface area contributed by atoms with Gasteiger partial charge in [0.05, 0.1) is 6.04 Å². The molecule has 1 aliphatic heterocycles. The van der Waals surface area contributed by atoms with Gasteiger partial charge in [-0.25, -0.2) is 8.78 Å². The molecule has 4 nitrogen and oxygen atoms in total. The number of halogens is 2. The van der Waals surface area contributed by atoms with Gasteiger partial charge >= 0.3 is 0 Å². The molecule has 1 aliphatic rings. The fourth-order valence-electron chi connectivity index (χ4n) is 5.64. The van der Waals surface area contributed by atoms with Crippen molar-refractivity contribution in [1.82, 2.24) is 19.6 Å². The van der Waals surface area contributed by atoms with Crippen molar-refractivity contribution < 1.29 is 8.78 Å². The number of piperazine rings is 1. The molecule has 5 rings (SSSR count). The summed E-state index contributed by atoms with van der Waals surface area (Å²) in [6, 6.07) is 26.2. The lowest BCUT2D eigenvalue weighted by atomic mass is 9.96. The molecule has 0 bridgehead atoms. The summed E-state index contributed by atoms with van der Waals surface area (Å²) < 4.78 is 29.4. The highest BCUT2D eigenvalue weighted by Crippen LogP contribution is 2.30. The van der Waals surface area contributed by atoms with Gasteiger partial charge in [0.25, 0.3) is 0 Å². The van der Waals surface area contributed by atoms with Gasteiger partial charge in [-0.1, -0.05) is 54.6 Å². The van der Waals surface area contributed by atoms with E-state index in [1.165, 1.54) is 35.5 Å². The molecule has 0 N–H and O–H groups in total. The smallest absolute Gasteiger partial charge is 0.123 e. The fourth-order valence-corrected chi connectivity index (χ4v) is 5.64. The molecule has 1 saturated heterocycles. The third kappa shape index (κ3) is 7.61. The summed E-state index contributed by atoms with van der Waals surface area (Å²) >= 11 is 0. The summed E-state index contributed by atoms with van der Waals surface area (Å²) in [5.74, 6) is -0.478. The number of unbranched alkanes of at least 4 members (excludes halogenated alkanes) is 1. The first-order chi connectivity index (χ1) is 19.2. The van der Waals surface area contributed by atoms with Gasteiger partial charge in [0, 0.05) is 44.6 Å². The van der Waals surface area contributed by atoms with Gasteiger partial charge in [-0.15, -0.1) is 0 Å². The lowest BCUT2D eigenvalue weighted by molar-refractivity contribution is 0.108. The highest BCUT2D eigenvalue weighted by Gasteiger charge is 2.26. The molecule has 1 fully saturated rings. The molecule has 0 spiro atoms. The summed E-state index contributed by atoms with van der Waals surface area (Å²) in [4.78, 5) is 4.98. The van der Waals surface area contributed by atoms with Crippen LogP contribution in [0.1, 0.15) is 47.7 Å². The van der Waals surface area contributed by atoms with E-state index in [2.05, 4.69) is 56.0 Å². The van der Waals surface area contributed by atoms with Crippen LogP contribution in [0.15, 0.2) is 91.1 Å². The van der Waals surface area contributed by atoms with Crippen molar-refractivity contribution in [3.63, 3.8) is 0 Å². The average molecular weight is 529 g/mol. The number of aryl methyl sites for hydroxylation is 3. The van der Waals surface area contributed by atoms with Crippen LogP contribution in [-0.4, -0.2) is 52.3 Å². The van der Waals surface area contributed by atoms with Gasteiger partial charge in [0.1, 0.15) is 11.6 Å². The number of benzene rings is 3. The first-order valence-corrected chi connectivity index (χ1v) is 14.2. The van der Waals surface area contributed by atoms with E-state index in [0.717, 1.165) is 82.5 Å². The highest BCUT2D eigenvalue weighted by molar-refractivity contribution is 5.32. The van der Waals surface area contributed by atoms with Crippen LogP contribution in [0, 0.1) is 11.6 Å². The first-order valence-electron chi connectivity index (χ1n) is 14.2. The number of nitrogens with zero attached hydrogens (tertiary/aromatic N) is 4. The SMILES string of the molecule is Fc1ccc(C(c2ccc(F)cc2)N2CCN(CCCCc3ccnn3CCCc3ccccc3)CC2)cc1. The molecule has 1 aromatic heterocycles. The Balaban J connectivity index is 1.07. The Hall–Kier alpha value is -3.35. The van der Waals surface area contributed by atoms with Crippen molar-refractivity contribution in [3.8, 4) is 0 Å². The first kappa shape index (κ1) is 27.2. The van der Waals surface area contributed by atoms with Crippen molar-refractivity contribution in [2.75, 3.05) is 32.7 Å². The Bertz CT molecular complexity index is 1220. The summed E-state index contributed by atoms with van der Waals surface area (Å²) in [5.41, 5.74) is 4.79. The molecule has 0 unspecified atom stereocenters. The summed E-state index contributed by atoms with van der Waals surface area (Å²) in [7, 11) is 0. The zero-order chi connectivity index (χ0) is 26.9. The van der Waals surface area contributed by atoms with Crippen LogP contribution in [0.25, 0.3) is 0 Å². The highest BCUT2D eigenvalue weighted by atomic mass is 19.1. The lowest BCUT2D eigenvalue weighted by Gasteiger charge is -2.40. The van der Waals surface area contributed by atoms with Crippen LogP contribution in [0.4, 0.5) is 8.78 Å². The van der Waals surface area contributed by atoms with Crippen molar-refractivity contribution in [2.24, 2.45) is 0 Å². The Labute approximate surface area is 230 Å². The van der Waals surface area contributed by atoms with Crippen LogP contribution in [-0.2, 0) is 19.4 Å². The predicted octanol–water partition coefficient (Wildman–Crippen LogP) is 6.52. The molecular formula is C33H38F2N4. The maximum atomic E-state index is 13.6. The molecule has 204 valence electrons. The summed E-state index contributed by atoms with van der Waals surface area (Å²) in [6.45, 7) is 5.89. The van der Waals surface area contributed by atoms with E-state index in [9.17, 15) is 8.78 Å². The summed E-state index contributed by atoms with van der Waals surface area (Å²) in [6.07, 6.45) is 7.47. The van der Waals surface area contributed by atoms with Crippen molar-refractivity contribution in [2.45, 2.75) is 44.7 Å². The average Bonchev–Trinajstić information content (AvgIpc) is 3.42. The van der Waals surface area contributed by atoms with E-state index in [1.807, 2.05) is 30.5 Å². The lowest BCUT2D eigenvalue weighted by Crippen LogP contribution is -2.48. The van der Waals surface area contributed by atoms with Crippen LogP contribution in [0.2, 0.25) is 0 Å². The van der Waals surface area contributed by atoms with E-state index >= 15 is 0 Å². The van der Waals surface area contributed by atoms with E-state index in [1.54, 1.807) is 0 Å². The van der Waals surface area contributed by atoms with E-state index < -0.39 is 0 Å². The molecule has 0 amide bonds. The van der Waals surface area contributed by atoms with Gasteiger partial charge < -0.3 is 4.90 Å². The maximum absolute atomic E-state index is 13.6. The minimum atomic E-state index is -0.239. The molecule has 3 aromatic carbocycles. The molecule has 4 aromatic rings. The quantitative estimate of drug-likeness (QED) is 0.196. The number of hydrogen-bond acceptors (Lipinski definition) is 3. The molecule has 6 heteroatoms. The van der Waals surface area contributed by atoms with Gasteiger partial charge in [-0.05, 0) is 85.7 Å². The van der Waals surface area contributed by atoms with Crippen molar-refractivity contribution >= 4 is 0 Å². The van der Waals surface area contributed by atoms with E-state index in [-0.39, 0.29) is 17.7 Å². The fraction of sp³-hybridized carbons (Fsp3) is 0.364. The third-order valence-corrected chi connectivity index (χ3v) is 7.78. The molecule has 0 radical (unpaired) electrons. The Morgan fingerprint density at radius 1 is 0.641 bits per heavy atom. The van der Waals surface area contributed by atoms with E-state index in [0.29, 0.717) is 0 Å². The Morgan fingerprint density at radius 2 is 1.28 bits per heavy atom. The maximum Gasteiger partial charge on any atom is 0.123 e. The second kappa shape index (κ2) is 13.6. The number of rotatable bonds is 12. The van der Waals surface area contributed by atoms with Crippen LogP contribution in [0.5, 0.6) is 0 Å². The standard InChI is InChI=1S/C33H38F2N4/c34-30-15-11-28(12-16-30)33(29-13-17-31(35)18-14-29)38-25-23-37(24-26-38)21-5-4-10-32-19-20-36-39(32)22-6-9-27-7-2-1-3-8-27/h1-3,7-8,11-20,33H,4-6,9-10,21-26H2. The summed E-state index contributed by atoms with van der Waals surface area (Å²) in [5, 5.41) is 4.56. The van der Waals surface area contributed by atoms with Crippen molar-refractivity contribution in [3.05, 3.63) is 125 Å². The van der Waals surface area contributed by atoms with Gasteiger partial charge in [-0.2, -0.15) is 5.10 Å². The van der Waals surface area contributed by atoms with Gasteiger partial charge in [-0.3, -0.25) is 9.58 Å². The molecule has 0 aliphatic carbocycles. The Morgan fingerprint density at radius 3 is 1.92 bits per heavy atom. The van der Waals surface area contributed by atoms with Crippen LogP contribution >= 0.6 is 0 Å². The molecular weight excluding hydrogens is 490 g/mol. The minimum absolute atomic E-state index is 0.00414. The second-order valence-corrected chi connectivity index (χ2v) is 10.5. The third-order valence-electron chi connectivity index (χ3n) is 7.78. The topological polar surface area (TPSA) is 24.3 Å². The molecule has 39 heavy (non-hydrogen) atoms. The second-order valence-electron chi connectivity index (χ2n) is 10.5. The van der Waals surface area contributed by atoms with Crippen LogP contribution < -0.4 is 0 Å². The number of aromatic nitrogens is 2. The molecule has 2 heterocycles. The van der Waals surface area contributed by atoms with Crippen LogP contribution in [0.3, 0.4) is 0 Å². The predicted molar refractivity (Wildman–Crippen MR) is 153 cm³/mol. The minimum Gasteiger partial charge on any atom is -0.301 e. The monoisotopic (exact) mass is 528 g/mol. The van der Waals surface area contributed by atoms with E-state index in [4.69, 9.17) is 0 Å².